The van der Waals surface area contributed by atoms with Gasteiger partial charge in [-0.05, 0) is 56.5 Å². The fourth-order valence-electron chi connectivity index (χ4n) is 3.35. The first-order valence-electron chi connectivity index (χ1n) is 8.75. The normalized spacial score (nSPS) is 12.8. The molecule has 6 nitrogen and oxygen atoms in total. The summed E-state index contributed by atoms with van der Waals surface area (Å²) in [6.07, 6.45) is 4.25. The van der Waals surface area contributed by atoms with Crippen LogP contribution in [0, 0.1) is 5.82 Å². The number of fused-ring (bicyclic) bond motifs is 1. The van der Waals surface area contributed by atoms with Crippen LogP contribution in [-0.2, 0) is 24.2 Å². The van der Waals surface area contributed by atoms with Crippen molar-refractivity contribution in [3.05, 3.63) is 70.6 Å². The number of halogens is 1. The molecule has 2 heterocycles. The number of carbonyl (C=O) groups excluding carboxylic acids is 2. The van der Waals surface area contributed by atoms with Crippen molar-refractivity contribution in [1.29, 1.82) is 0 Å². The van der Waals surface area contributed by atoms with Crippen molar-refractivity contribution in [1.82, 2.24) is 14.8 Å². The number of benzene rings is 1. The Kier molecular flexibility index (Phi) is 4.35. The van der Waals surface area contributed by atoms with E-state index < -0.39 is 5.97 Å². The molecule has 0 aliphatic heterocycles. The number of aromatic amines is 1. The standard InChI is InChI=1S/C20H18FN3O3/c1-12(25)13-9-17(22-10-13)20(26)27-11-18-16-3-2-4-19(16)24(23-18)15-7-5-14(21)6-8-15/h5-10,22H,2-4,11H2,1H3. The summed E-state index contributed by atoms with van der Waals surface area (Å²) in [7, 11) is 0. The molecule has 3 aromatic rings. The van der Waals surface area contributed by atoms with Crippen molar-refractivity contribution in [3.63, 3.8) is 0 Å². The van der Waals surface area contributed by atoms with E-state index in [1.54, 1.807) is 16.8 Å². The average Bonchev–Trinajstić information content (AvgIpc) is 3.37. The molecule has 0 saturated heterocycles. The Balaban J connectivity index is 1.54. The topological polar surface area (TPSA) is 77.0 Å². The molecule has 4 rings (SSSR count). The van der Waals surface area contributed by atoms with E-state index in [0.29, 0.717) is 11.3 Å². The Morgan fingerprint density at radius 1 is 1.26 bits per heavy atom. The van der Waals surface area contributed by atoms with Gasteiger partial charge in [-0.3, -0.25) is 4.79 Å². The minimum absolute atomic E-state index is 0.0454. The lowest BCUT2D eigenvalue weighted by atomic mass is 10.2. The van der Waals surface area contributed by atoms with E-state index in [-0.39, 0.29) is 23.9 Å². The van der Waals surface area contributed by atoms with Gasteiger partial charge in [-0.25, -0.2) is 13.9 Å². The van der Waals surface area contributed by atoms with Gasteiger partial charge in [-0.1, -0.05) is 0 Å². The van der Waals surface area contributed by atoms with Gasteiger partial charge in [0.25, 0.3) is 0 Å². The molecule has 0 unspecified atom stereocenters. The van der Waals surface area contributed by atoms with Crippen LogP contribution in [0.2, 0.25) is 0 Å². The fraction of sp³-hybridized carbons (Fsp3) is 0.250. The van der Waals surface area contributed by atoms with Crippen molar-refractivity contribution in [3.8, 4) is 5.69 Å². The predicted octanol–water partition coefficient (Wildman–Crippen LogP) is 3.39. The number of nitrogens with one attached hydrogen (secondary N) is 1. The molecule has 0 bridgehead atoms. The van der Waals surface area contributed by atoms with E-state index in [9.17, 15) is 14.0 Å². The highest BCUT2D eigenvalue weighted by Crippen LogP contribution is 2.28. The minimum Gasteiger partial charge on any atom is -0.454 e. The van der Waals surface area contributed by atoms with Crippen molar-refractivity contribution < 1.29 is 18.7 Å². The van der Waals surface area contributed by atoms with Gasteiger partial charge in [0.1, 0.15) is 23.8 Å². The Bertz CT molecular complexity index is 1020. The molecule has 0 atom stereocenters. The molecule has 1 aliphatic carbocycles. The number of hydrogen-bond donors (Lipinski definition) is 1. The second-order valence-electron chi connectivity index (χ2n) is 6.55. The summed E-state index contributed by atoms with van der Waals surface area (Å²) >= 11 is 0. The van der Waals surface area contributed by atoms with Crippen LogP contribution in [-0.4, -0.2) is 26.5 Å². The van der Waals surface area contributed by atoms with E-state index in [0.717, 1.165) is 36.2 Å². The molecule has 2 aromatic heterocycles. The van der Waals surface area contributed by atoms with Gasteiger partial charge in [-0.15, -0.1) is 0 Å². The smallest absolute Gasteiger partial charge is 0.355 e. The first kappa shape index (κ1) is 17.2. The van der Waals surface area contributed by atoms with Crippen molar-refractivity contribution in [2.45, 2.75) is 32.8 Å². The second-order valence-corrected chi connectivity index (χ2v) is 6.55. The van der Waals surface area contributed by atoms with Gasteiger partial charge in [-0.2, -0.15) is 5.10 Å². The first-order valence-corrected chi connectivity index (χ1v) is 8.75. The van der Waals surface area contributed by atoms with E-state index in [1.807, 2.05) is 0 Å². The highest BCUT2D eigenvalue weighted by molar-refractivity contribution is 5.97. The molecule has 138 valence electrons. The Hall–Kier alpha value is -3.22. The van der Waals surface area contributed by atoms with Gasteiger partial charge in [0.2, 0.25) is 0 Å². The summed E-state index contributed by atoms with van der Waals surface area (Å²) < 4.78 is 20.4. The summed E-state index contributed by atoms with van der Waals surface area (Å²) in [5.41, 5.74) is 4.31. The molecule has 0 saturated carbocycles. The third-order valence-electron chi connectivity index (χ3n) is 4.73. The third-order valence-corrected chi connectivity index (χ3v) is 4.73. The molecule has 1 aromatic carbocycles. The monoisotopic (exact) mass is 367 g/mol. The van der Waals surface area contributed by atoms with Crippen LogP contribution in [0.3, 0.4) is 0 Å². The predicted molar refractivity (Wildman–Crippen MR) is 95.5 cm³/mol. The molecular formula is C20H18FN3O3. The number of ether oxygens (including phenoxy) is 1. The zero-order chi connectivity index (χ0) is 19.0. The van der Waals surface area contributed by atoms with Crippen LogP contribution in [0.15, 0.2) is 36.5 Å². The summed E-state index contributed by atoms with van der Waals surface area (Å²) in [4.78, 5) is 26.3. The summed E-state index contributed by atoms with van der Waals surface area (Å²) in [6.45, 7) is 1.48. The second kappa shape index (κ2) is 6.83. The first-order chi connectivity index (χ1) is 13.0. The van der Waals surface area contributed by atoms with Gasteiger partial charge >= 0.3 is 5.97 Å². The lowest BCUT2D eigenvalue weighted by molar-refractivity contribution is 0.0460. The number of hydrogen-bond acceptors (Lipinski definition) is 4. The number of esters is 1. The van der Waals surface area contributed by atoms with Gasteiger partial charge < -0.3 is 9.72 Å². The van der Waals surface area contributed by atoms with Crippen LogP contribution in [0.4, 0.5) is 4.39 Å². The van der Waals surface area contributed by atoms with E-state index in [1.165, 1.54) is 31.3 Å². The van der Waals surface area contributed by atoms with Gasteiger partial charge in [0, 0.05) is 23.0 Å². The summed E-state index contributed by atoms with van der Waals surface area (Å²) in [5, 5.41) is 4.58. The largest absolute Gasteiger partial charge is 0.454 e. The van der Waals surface area contributed by atoms with Crippen LogP contribution >= 0.6 is 0 Å². The Morgan fingerprint density at radius 2 is 2.04 bits per heavy atom. The molecule has 0 radical (unpaired) electrons. The highest BCUT2D eigenvalue weighted by Gasteiger charge is 2.24. The number of H-pyrrole nitrogens is 1. The lowest BCUT2D eigenvalue weighted by Gasteiger charge is -2.05. The van der Waals surface area contributed by atoms with Crippen molar-refractivity contribution >= 4 is 11.8 Å². The maximum atomic E-state index is 13.2. The molecular weight excluding hydrogens is 349 g/mol. The minimum atomic E-state index is -0.537. The highest BCUT2D eigenvalue weighted by atomic mass is 19.1. The Labute approximate surface area is 155 Å². The molecule has 1 N–H and O–H groups in total. The van der Waals surface area contributed by atoms with Crippen LogP contribution in [0.25, 0.3) is 5.69 Å². The molecule has 0 spiro atoms. The molecule has 7 heteroatoms. The lowest BCUT2D eigenvalue weighted by Crippen LogP contribution is -2.07. The number of aromatic nitrogens is 3. The van der Waals surface area contributed by atoms with Crippen LogP contribution in [0.5, 0.6) is 0 Å². The van der Waals surface area contributed by atoms with Crippen molar-refractivity contribution in [2.24, 2.45) is 0 Å². The van der Waals surface area contributed by atoms with Crippen LogP contribution < -0.4 is 0 Å². The molecule has 0 fully saturated rings. The zero-order valence-electron chi connectivity index (χ0n) is 14.8. The number of rotatable bonds is 5. The fourth-order valence-corrected chi connectivity index (χ4v) is 3.35. The number of nitrogens with zero attached hydrogens (tertiary/aromatic N) is 2. The molecule has 1 aliphatic rings. The quantitative estimate of drug-likeness (QED) is 0.554. The summed E-state index contributed by atoms with van der Waals surface area (Å²) in [5.74, 6) is -0.959. The average molecular weight is 367 g/mol. The Morgan fingerprint density at radius 3 is 2.74 bits per heavy atom. The number of carbonyl (C=O) groups is 2. The van der Waals surface area contributed by atoms with E-state index in [2.05, 4.69) is 10.1 Å². The van der Waals surface area contributed by atoms with E-state index in [4.69, 9.17) is 4.74 Å². The zero-order valence-corrected chi connectivity index (χ0v) is 14.8. The number of Topliss-reactive ketones (excluding diaryl/α,β-unsaturated/α-hetero) is 1. The van der Waals surface area contributed by atoms with E-state index >= 15 is 0 Å². The third kappa shape index (κ3) is 3.28. The van der Waals surface area contributed by atoms with Crippen LogP contribution in [0.1, 0.15) is 51.1 Å². The SMILES string of the molecule is CC(=O)c1c[nH]c(C(=O)OCc2nn(-c3ccc(F)cc3)c3c2CCC3)c1. The van der Waals surface area contributed by atoms with Crippen molar-refractivity contribution in [2.75, 3.05) is 0 Å². The number of ketones is 1. The summed E-state index contributed by atoms with van der Waals surface area (Å²) in [6, 6.07) is 7.63. The molecule has 0 amide bonds. The van der Waals surface area contributed by atoms with Gasteiger partial charge in [0.05, 0.1) is 5.69 Å². The maximum Gasteiger partial charge on any atom is 0.355 e. The molecule has 27 heavy (non-hydrogen) atoms. The van der Waals surface area contributed by atoms with Gasteiger partial charge in [0.15, 0.2) is 5.78 Å². The maximum absolute atomic E-state index is 13.2.